The number of anilines is 1. The van der Waals surface area contributed by atoms with Crippen molar-refractivity contribution in [2.45, 2.75) is 19.8 Å². The lowest BCUT2D eigenvalue weighted by atomic mass is 10.2. The first-order valence-corrected chi connectivity index (χ1v) is 10.5. The van der Waals surface area contributed by atoms with E-state index in [1.54, 1.807) is 12.1 Å². The predicted octanol–water partition coefficient (Wildman–Crippen LogP) is 2.65. The largest absolute Gasteiger partial charge is 0.351 e. The number of benzene rings is 2. The molecule has 1 amide bonds. The first-order valence-electron chi connectivity index (χ1n) is 10.1. The van der Waals surface area contributed by atoms with Crippen molar-refractivity contribution < 1.29 is 13.7 Å². The Morgan fingerprint density at radius 2 is 1.91 bits per heavy atom. The number of amides is 1. The summed E-state index contributed by atoms with van der Waals surface area (Å²) in [7, 11) is 1.33. The van der Waals surface area contributed by atoms with Crippen molar-refractivity contribution in [1.82, 2.24) is 24.5 Å². The van der Waals surface area contributed by atoms with Crippen molar-refractivity contribution in [3.05, 3.63) is 85.6 Å². The standard InChI is InChI=1S/C22H18ClFN6O4/c1-12-3-6-14(7-4-12)30-22(33)29(2)21(32)19(27-30)20-26-18(34-28-20)10-9-17(31)25-16-8-5-13(24)11-15(16)23/h3-8,11H,9-10H2,1-2H3,(H,25,31). The van der Waals surface area contributed by atoms with E-state index >= 15 is 0 Å². The topological polar surface area (TPSA) is 125 Å². The molecule has 4 aromatic rings. The van der Waals surface area contributed by atoms with Crippen LogP contribution < -0.4 is 16.6 Å². The Morgan fingerprint density at radius 1 is 1.18 bits per heavy atom. The lowest BCUT2D eigenvalue weighted by molar-refractivity contribution is -0.116. The van der Waals surface area contributed by atoms with E-state index in [-0.39, 0.29) is 41.0 Å². The molecule has 34 heavy (non-hydrogen) atoms. The van der Waals surface area contributed by atoms with Crippen LogP contribution in [-0.4, -0.2) is 30.4 Å². The summed E-state index contributed by atoms with van der Waals surface area (Å²) < 4.78 is 20.3. The molecule has 2 aromatic carbocycles. The van der Waals surface area contributed by atoms with E-state index in [4.69, 9.17) is 16.1 Å². The molecule has 0 aliphatic rings. The molecular weight excluding hydrogens is 467 g/mol. The highest BCUT2D eigenvalue weighted by atomic mass is 35.5. The summed E-state index contributed by atoms with van der Waals surface area (Å²) in [4.78, 5) is 41.5. The molecule has 0 aliphatic carbocycles. The average Bonchev–Trinajstić information content (AvgIpc) is 3.28. The van der Waals surface area contributed by atoms with E-state index in [0.29, 0.717) is 5.69 Å². The van der Waals surface area contributed by atoms with Gasteiger partial charge in [-0.1, -0.05) is 34.5 Å². The molecule has 0 saturated carbocycles. The number of nitrogens with one attached hydrogen (secondary N) is 1. The number of nitrogens with zero attached hydrogens (tertiary/aromatic N) is 5. The quantitative estimate of drug-likeness (QED) is 0.446. The first kappa shape index (κ1) is 23.1. The number of aromatic nitrogens is 5. The summed E-state index contributed by atoms with van der Waals surface area (Å²) in [5, 5.41) is 10.6. The second-order valence-corrected chi connectivity index (χ2v) is 7.83. The molecule has 4 rings (SSSR count). The van der Waals surface area contributed by atoms with Gasteiger partial charge in [0.1, 0.15) is 5.82 Å². The van der Waals surface area contributed by atoms with Gasteiger partial charge in [0.05, 0.1) is 16.4 Å². The molecule has 0 spiro atoms. The Morgan fingerprint density at radius 3 is 2.62 bits per heavy atom. The number of hydrogen-bond donors (Lipinski definition) is 1. The Balaban J connectivity index is 1.53. The molecule has 10 nitrogen and oxygen atoms in total. The van der Waals surface area contributed by atoms with Gasteiger partial charge in [-0.2, -0.15) is 14.8 Å². The third-order valence-electron chi connectivity index (χ3n) is 4.90. The maximum Gasteiger partial charge on any atom is 0.351 e. The summed E-state index contributed by atoms with van der Waals surface area (Å²) in [6.45, 7) is 1.90. The zero-order valence-corrected chi connectivity index (χ0v) is 18.8. The Bertz CT molecular complexity index is 1490. The van der Waals surface area contributed by atoms with E-state index in [9.17, 15) is 18.8 Å². The van der Waals surface area contributed by atoms with Crippen LogP contribution in [0.1, 0.15) is 17.9 Å². The minimum Gasteiger partial charge on any atom is -0.339 e. The Labute approximate surface area is 196 Å². The van der Waals surface area contributed by atoms with Crippen LogP contribution in [-0.2, 0) is 18.3 Å². The van der Waals surface area contributed by atoms with Gasteiger partial charge >= 0.3 is 5.69 Å². The van der Waals surface area contributed by atoms with E-state index in [2.05, 4.69) is 20.6 Å². The third kappa shape index (κ3) is 4.79. The minimum absolute atomic E-state index is 0.0381. The second kappa shape index (κ2) is 9.40. The second-order valence-electron chi connectivity index (χ2n) is 7.43. The van der Waals surface area contributed by atoms with Crippen LogP contribution >= 0.6 is 11.6 Å². The summed E-state index contributed by atoms with van der Waals surface area (Å²) >= 11 is 5.91. The number of hydrogen-bond acceptors (Lipinski definition) is 7. The molecule has 2 heterocycles. The molecular formula is C22H18ClFN6O4. The highest BCUT2D eigenvalue weighted by Crippen LogP contribution is 2.22. The zero-order chi connectivity index (χ0) is 24.4. The average molecular weight is 485 g/mol. The monoisotopic (exact) mass is 484 g/mol. The maximum atomic E-state index is 13.1. The van der Waals surface area contributed by atoms with Crippen molar-refractivity contribution in [3.63, 3.8) is 0 Å². The lowest BCUT2D eigenvalue weighted by Crippen LogP contribution is -2.40. The van der Waals surface area contributed by atoms with Gasteiger partial charge in [0.25, 0.3) is 5.56 Å². The highest BCUT2D eigenvalue weighted by Gasteiger charge is 2.19. The van der Waals surface area contributed by atoms with Gasteiger partial charge in [0.2, 0.25) is 17.6 Å². The summed E-state index contributed by atoms with van der Waals surface area (Å²) in [6, 6.07) is 10.6. The van der Waals surface area contributed by atoms with Crippen molar-refractivity contribution in [2.75, 3.05) is 5.32 Å². The minimum atomic E-state index is -0.690. The van der Waals surface area contributed by atoms with E-state index in [0.717, 1.165) is 20.9 Å². The Hall–Kier alpha value is -4.12. The predicted molar refractivity (Wildman–Crippen MR) is 121 cm³/mol. The van der Waals surface area contributed by atoms with Crippen LogP contribution in [0.4, 0.5) is 10.1 Å². The van der Waals surface area contributed by atoms with E-state index in [1.165, 1.54) is 19.2 Å². The van der Waals surface area contributed by atoms with E-state index in [1.807, 2.05) is 19.1 Å². The third-order valence-corrected chi connectivity index (χ3v) is 5.22. The van der Waals surface area contributed by atoms with Crippen LogP contribution in [0, 0.1) is 12.7 Å². The summed E-state index contributed by atoms with van der Waals surface area (Å²) in [6.07, 6.45) is 0.0270. The van der Waals surface area contributed by atoms with Crippen LogP contribution in [0.15, 0.2) is 56.6 Å². The fourth-order valence-corrected chi connectivity index (χ4v) is 3.26. The van der Waals surface area contributed by atoms with Crippen molar-refractivity contribution in [2.24, 2.45) is 7.05 Å². The van der Waals surface area contributed by atoms with Crippen LogP contribution in [0.5, 0.6) is 0 Å². The zero-order valence-electron chi connectivity index (χ0n) is 18.1. The molecule has 1 N–H and O–H groups in total. The highest BCUT2D eigenvalue weighted by molar-refractivity contribution is 6.33. The van der Waals surface area contributed by atoms with Gasteiger partial charge in [-0.3, -0.25) is 14.2 Å². The fourth-order valence-electron chi connectivity index (χ4n) is 3.04. The van der Waals surface area contributed by atoms with Gasteiger partial charge in [-0.25, -0.2) is 9.18 Å². The molecule has 0 unspecified atom stereocenters. The summed E-state index contributed by atoms with van der Waals surface area (Å²) in [5.41, 5.74) is 0.232. The van der Waals surface area contributed by atoms with Gasteiger partial charge in [-0.15, -0.1) is 0 Å². The molecule has 0 aliphatic heterocycles. The fraction of sp³-hybridized carbons (Fsp3) is 0.182. The number of carbonyl (C=O) groups is 1. The number of carbonyl (C=O) groups excluding carboxylic acids is 1. The molecule has 0 saturated heterocycles. The molecule has 2 aromatic heterocycles. The molecule has 0 bridgehead atoms. The maximum absolute atomic E-state index is 13.1. The van der Waals surface area contributed by atoms with Gasteiger partial charge in [-0.05, 0) is 37.3 Å². The van der Waals surface area contributed by atoms with E-state index < -0.39 is 23.0 Å². The smallest absolute Gasteiger partial charge is 0.339 e. The van der Waals surface area contributed by atoms with Crippen LogP contribution in [0.25, 0.3) is 17.2 Å². The molecule has 0 radical (unpaired) electrons. The lowest BCUT2D eigenvalue weighted by Gasteiger charge is -2.08. The van der Waals surface area contributed by atoms with Gasteiger partial charge < -0.3 is 9.84 Å². The number of aryl methyl sites for hydroxylation is 2. The summed E-state index contributed by atoms with van der Waals surface area (Å²) in [5.74, 6) is -0.948. The SMILES string of the molecule is Cc1ccc(-n2nc(-c3noc(CCC(=O)Nc4ccc(F)cc4Cl)n3)c(=O)n(C)c2=O)cc1. The normalized spacial score (nSPS) is 10.9. The van der Waals surface area contributed by atoms with Crippen LogP contribution in [0.3, 0.4) is 0 Å². The van der Waals surface area contributed by atoms with Crippen molar-refractivity contribution in [3.8, 4) is 17.2 Å². The number of rotatable bonds is 6. The molecule has 12 heteroatoms. The van der Waals surface area contributed by atoms with Gasteiger partial charge in [0.15, 0.2) is 5.69 Å². The molecule has 0 atom stereocenters. The van der Waals surface area contributed by atoms with Crippen molar-refractivity contribution in [1.29, 1.82) is 0 Å². The molecule has 174 valence electrons. The number of halogens is 2. The van der Waals surface area contributed by atoms with Gasteiger partial charge in [0, 0.05) is 19.9 Å². The van der Waals surface area contributed by atoms with Crippen molar-refractivity contribution >= 4 is 23.2 Å². The van der Waals surface area contributed by atoms with Crippen LogP contribution in [0.2, 0.25) is 5.02 Å². The Kier molecular flexibility index (Phi) is 6.37. The molecule has 0 fully saturated rings. The first-order chi connectivity index (χ1) is 16.2.